The molecule has 3 N–H and O–H groups in total. The predicted molar refractivity (Wildman–Crippen MR) is 100.0 cm³/mol. The average molecular weight is 366 g/mol. The van der Waals surface area contributed by atoms with E-state index in [0.717, 1.165) is 5.69 Å². The molecule has 3 rings (SSSR count). The molecule has 138 valence electrons. The molecule has 9 heteroatoms. The normalized spacial score (nSPS) is 10.3. The highest BCUT2D eigenvalue weighted by Gasteiger charge is 2.13. The third-order valence-electron chi connectivity index (χ3n) is 3.42. The monoisotopic (exact) mass is 366 g/mol. The molecule has 0 atom stereocenters. The minimum absolute atomic E-state index is 0.139. The van der Waals surface area contributed by atoms with Gasteiger partial charge in [-0.2, -0.15) is 0 Å². The summed E-state index contributed by atoms with van der Waals surface area (Å²) in [7, 11) is 0. The third-order valence-corrected chi connectivity index (χ3v) is 3.42. The Morgan fingerprint density at radius 1 is 0.926 bits per heavy atom. The van der Waals surface area contributed by atoms with E-state index in [9.17, 15) is 9.59 Å². The van der Waals surface area contributed by atoms with Crippen LogP contribution in [0.3, 0.4) is 0 Å². The van der Waals surface area contributed by atoms with E-state index in [2.05, 4.69) is 31.1 Å². The van der Waals surface area contributed by atoms with Gasteiger partial charge in [-0.3, -0.25) is 9.59 Å². The SMILES string of the molecule is CC(=O)Nc1ccc(Nc2cc(C(=O)Nc3cc(C)on3)nc(C)n2)cc1. The van der Waals surface area contributed by atoms with Crippen LogP contribution in [0.5, 0.6) is 0 Å². The first kappa shape index (κ1) is 18.1. The number of benzene rings is 1. The van der Waals surface area contributed by atoms with Crippen molar-refractivity contribution >= 4 is 34.8 Å². The van der Waals surface area contributed by atoms with Crippen LogP contribution < -0.4 is 16.0 Å². The Morgan fingerprint density at radius 2 is 1.63 bits per heavy atom. The first-order valence-electron chi connectivity index (χ1n) is 8.14. The number of carbonyl (C=O) groups excluding carboxylic acids is 2. The molecule has 0 saturated carbocycles. The van der Waals surface area contributed by atoms with Crippen molar-refractivity contribution in [2.24, 2.45) is 0 Å². The van der Waals surface area contributed by atoms with Gasteiger partial charge in [0.15, 0.2) is 5.82 Å². The Labute approximate surface area is 155 Å². The molecule has 0 unspecified atom stereocenters. The lowest BCUT2D eigenvalue weighted by Crippen LogP contribution is -2.15. The molecule has 1 aromatic carbocycles. The maximum atomic E-state index is 12.4. The Kier molecular flexibility index (Phi) is 5.11. The molecule has 0 fully saturated rings. The zero-order valence-electron chi connectivity index (χ0n) is 15.0. The first-order valence-corrected chi connectivity index (χ1v) is 8.14. The number of carbonyl (C=O) groups is 2. The van der Waals surface area contributed by atoms with Gasteiger partial charge in [-0.1, -0.05) is 5.16 Å². The quantitative estimate of drug-likeness (QED) is 0.634. The largest absolute Gasteiger partial charge is 0.360 e. The standard InChI is InChI=1S/C18H18N6O3/c1-10-8-17(24-27-10)23-18(26)15-9-16(20-11(2)19-15)22-14-6-4-13(5-7-14)21-12(3)25/h4-9H,1-3H3,(H,21,25)(H,19,20,22)(H,23,24,26). The molecule has 0 radical (unpaired) electrons. The van der Waals surface area contributed by atoms with Crippen LogP contribution in [-0.2, 0) is 4.79 Å². The Hall–Kier alpha value is -3.75. The summed E-state index contributed by atoms with van der Waals surface area (Å²) < 4.78 is 4.93. The van der Waals surface area contributed by atoms with Gasteiger partial charge in [0.1, 0.15) is 23.1 Å². The summed E-state index contributed by atoms with van der Waals surface area (Å²) in [5, 5.41) is 12.2. The summed E-state index contributed by atoms with van der Waals surface area (Å²) in [6.07, 6.45) is 0. The van der Waals surface area contributed by atoms with Crippen LogP contribution in [0.4, 0.5) is 23.0 Å². The van der Waals surface area contributed by atoms with Gasteiger partial charge in [-0.05, 0) is 38.1 Å². The number of hydrogen-bond acceptors (Lipinski definition) is 7. The zero-order chi connectivity index (χ0) is 19.4. The number of aromatic nitrogens is 3. The molecular formula is C18H18N6O3. The molecular weight excluding hydrogens is 348 g/mol. The summed E-state index contributed by atoms with van der Waals surface area (Å²) in [6.45, 7) is 4.88. The van der Waals surface area contributed by atoms with E-state index in [0.29, 0.717) is 28.9 Å². The van der Waals surface area contributed by atoms with Gasteiger partial charge in [-0.15, -0.1) is 0 Å². The number of nitrogens with zero attached hydrogens (tertiary/aromatic N) is 3. The summed E-state index contributed by atoms with van der Waals surface area (Å²) in [5.74, 6) is 1.26. The van der Waals surface area contributed by atoms with E-state index in [4.69, 9.17) is 4.52 Å². The minimum atomic E-state index is -0.419. The highest BCUT2D eigenvalue weighted by Crippen LogP contribution is 2.19. The number of nitrogens with one attached hydrogen (secondary N) is 3. The maximum Gasteiger partial charge on any atom is 0.275 e. The van der Waals surface area contributed by atoms with Crippen molar-refractivity contribution in [3.8, 4) is 0 Å². The van der Waals surface area contributed by atoms with Crippen LogP contribution in [0.2, 0.25) is 0 Å². The van der Waals surface area contributed by atoms with Crippen molar-refractivity contribution in [3.05, 3.63) is 53.7 Å². The number of aryl methyl sites for hydroxylation is 2. The molecule has 0 aliphatic carbocycles. The summed E-state index contributed by atoms with van der Waals surface area (Å²) in [6, 6.07) is 10.3. The summed E-state index contributed by atoms with van der Waals surface area (Å²) in [4.78, 5) is 31.9. The Morgan fingerprint density at radius 3 is 2.26 bits per heavy atom. The van der Waals surface area contributed by atoms with Crippen LogP contribution in [-0.4, -0.2) is 26.9 Å². The fraction of sp³-hybridized carbons (Fsp3) is 0.167. The van der Waals surface area contributed by atoms with Gasteiger partial charge >= 0.3 is 0 Å². The molecule has 0 bridgehead atoms. The van der Waals surface area contributed by atoms with E-state index < -0.39 is 5.91 Å². The van der Waals surface area contributed by atoms with Gasteiger partial charge < -0.3 is 20.5 Å². The molecule has 2 heterocycles. The second-order valence-corrected chi connectivity index (χ2v) is 5.85. The van der Waals surface area contributed by atoms with Crippen molar-refractivity contribution in [2.75, 3.05) is 16.0 Å². The summed E-state index contributed by atoms with van der Waals surface area (Å²) in [5.41, 5.74) is 1.64. The van der Waals surface area contributed by atoms with E-state index in [-0.39, 0.29) is 11.6 Å². The van der Waals surface area contributed by atoms with Gasteiger partial charge in [0.25, 0.3) is 5.91 Å². The molecule has 0 aliphatic heterocycles. The Balaban J connectivity index is 1.74. The molecule has 3 aromatic rings. The van der Waals surface area contributed by atoms with Crippen LogP contribution in [0.1, 0.15) is 29.0 Å². The van der Waals surface area contributed by atoms with Gasteiger partial charge in [0.05, 0.1) is 0 Å². The van der Waals surface area contributed by atoms with Crippen LogP contribution in [0.25, 0.3) is 0 Å². The second-order valence-electron chi connectivity index (χ2n) is 5.85. The maximum absolute atomic E-state index is 12.4. The van der Waals surface area contributed by atoms with Crippen LogP contribution in [0.15, 0.2) is 40.9 Å². The first-order chi connectivity index (χ1) is 12.9. The lowest BCUT2D eigenvalue weighted by atomic mass is 10.2. The van der Waals surface area contributed by atoms with Crippen molar-refractivity contribution in [1.82, 2.24) is 15.1 Å². The number of hydrogen-bond donors (Lipinski definition) is 3. The number of rotatable bonds is 5. The van der Waals surface area contributed by atoms with Crippen molar-refractivity contribution in [2.45, 2.75) is 20.8 Å². The fourth-order valence-corrected chi connectivity index (χ4v) is 2.34. The zero-order valence-corrected chi connectivity index (χ0v) is 15.0. The van der Waals surface area contributed by atoms with Crippen molar-refractivity contribution < 1.29 is 14.1 Å². The third kappa shape index (κ3) is 4.88. The number of anilines is 4. The molecule has 2 aromatic heterocycles. The van der Waals surface area contributed by atoms with E-state index >= 15 is 0 Å². The highest BCUT2D eigenvalue weighted by molar-refractivity contribution is 6.02. The summed E-state index contributed by atoms with van der Waals surface area (Å²) >= 11 is 0. The van der Waals surface area contributed by atoms with Crippen LogP contribution in [0, 0.1) is 13.8 Å². The van der Waals surface area contributed by atoms with Gasteiger partial charge in [-0.25, -0.2) is 9.97 Å². The van der Waals surface area contributed by atoms with Crippen LogP contribution >= 0.6 is 0 Å². The molecule has 9 nitrogen and oxygen atoms in total. The molecule has 0 spiro atoms. The van der Waals surface area contributed by atoms with Crippen molar-refractivity contribution in [3.63, 3.8) is 0 Å². The van der Waals surface area contributed by atoms with E-state index in [1.165, 1.54) is 13.0 Å². The fourth-order valence-electron chi connectivity index (χ4n) is 2.34. The van der Waals surface area contributed by atoms with E-state index in [1.54, 1.807) is 44.2 Å². The molecule has 0 saturated heterocycles. The number of amides is 2. The van der Waals surface area contributed by atoms with E-state index in [1.807, 2.05) is 0 Å². The average Bonchev–Trinajstić information content (AvgIpc) is 3.00. The van der Waals surface area contributed by atoms with Crippen molar-refractivity contribution in [1.29, 1.82) is 0 Å². The lowest BCUT2D eigenvalue weighted by Gasteiger charge is -2.09. The predicted octanol–water partition coefficient (Wildman–Crippen LogP) is 3.04. The molecule has 0 aliphatic rings. The Bertz CT molecular complexity index is 981. The minimum Gasteiger partial charge on any atom is -0.360 e. The highest BCUT2D eigenvalue weighted by atomic mass is 16.5. The molecule has 27 heavy (non-hydrogen) atoms. The van der Waals surface area contributed by atoms with Gasteiger partial charge in [0, 0.05) is 30.4 Å². The lowest BCUT2D eigenvalue weighted by molar-refractivity contribution is -0.114. The smallest absolute Gasteiger partial charge is 0.275 e. The second kappa shape index (κ2) is 7.65. The topological polar surface area (TPSA) is 122 Å². The molecule has 2 amide bonds. The van der Waals surface area contributed by atoms with Gasteiger partial charge in [0.2, 0.25) is 5.91 Å².